The summed E-state index contributed by atoms with van der Waals surface area (Å²) in [6, 6.07) is 0.164. The summed E-state index contributed by atoms with van der Waals surface area (Å²) < 4.78 is 0. The van der Waals surface area contributed by atoms with E-state index in [4.69, 9.17) is 39.9 Å². The lowest BCUT2D eigenvalue weighted by Crippen LogP contribution is -2.36. The molecule has 1 amide bonds. The van der Waals surface area contributed by atoms with Crippen molar-refractivity contribution in [1.29, 1.82) is 0 Å². The number of aromatic nitrogens is 1. The fourth-order valence-electron chi connectivity index (χ4n) is 1.67. The first-order chi connectivity index (χ1) is 8.56. The molecule has 1 N–H and O–H groups in total. The first-order valence-corrected chi connectivity index (χ1v) is 6.61. The van der Waals surface area contributed by atoms with Crippen LogP contribution in [0.5, 0.6) is 0 Å². The standard InChI is InChI=1S/C11H11Cl3N2O2/c12-7-5-15-10(9(14)8(7)13)11(18)16(3-4-17)6-1-2-6/h5-6,17H,1-4H2. The lowest BCUT2D eigenvalue weighted by atomic mass is 10.3. The number of hydrogen-bond donors (Lipinski definition) is 1. The van der Waals surface area contributed by atoms with Crippen LogP contribution in [0.1, 0.15) is 23.3 Å². The van der Waals surface area contributed by atoms with E-state index in [1.165, 1.54) is 6.20 Å². The van der Waals surface area contributed by atoms with E-state index in [1.807, 2.05) is 0 Å². The molecule has 0 saturated heterocycles. The normalized spacial score (nSPS) is 14.7. The third-order valence-electron chi connectivity index (χ3n) is 2.71. The SMILES string of the molecule is O=C(c1ncc(Cl)c(Cl)c1Cl)N(CCO)C1CC1. The van der Waals surface area contributed by atoms with E-state index < -0.39 is 0 Å². The topological polar surface area (TPSA) is 53.4 Å². The lowest BCUT2D eigenvalue weighted by molar-refractivity contribution is 0.0702. The second-order valence-electron chi connectivity index (χ2n) is 4.04. The molecule has 1 saturated carbocycles. The zero-order valence-electron chi connectivity index (χ0n) is 9.37. The number of pyridine rings is 1. The maximum absolute atomic E-state index is 12.3. The Morgan fingerprint density at radius 1 is 1.39 bits per heavy atom. The molecule has 98 valence electrons. The molecule has 0 radical (unpaired) electrons. The lowest BCUT2D eigenvalue weighted by Gasteiger charge is -2.21. The van der Waals surface area contributed by atoms with Crippen LogP contribution in [0.4, 0.5) is 0 Å². The summed E-state index contributed by atoms with van der Waals surface area (Å²) in [4.78, 5) is 17.8. The molecule has 0 bridgehead atoms. The van der Waals surface area contributed by atoms with Crippen molar-refractivity contribution >= 4 is 40.7 Å². The number of halogens is 3. The number of amides is 1. The monoisotopic (exact) mass is 308 g/mol. The van der Waals surface area contributed by atoms with Gasteiger partial charge in [-0.05, 0) is 12.8 Å². The fourth-order valence-corrected chi connectivity index (χ4v) is 2.23. The molecule has 0 aromatic carbocycles. The van der Waals surface area contributed by atoms with Crippen molar-refractivity contribution in [3.63, 3.8) is 0 Å². The summed E-state index contributed by atoms with van der Waals surface area (Å²) in [6.07, 6.45) is 3.17. The average Bonchev–Trinajstić information content (AvgIpc) is 3.17. The van der Waals surface area contributed by atoms with Crippen molar-refractivity contribution in [3.05, 3.63) is 27.0 Å². The third-order valence-corrected chi connectivity index (χ3v) is 3.95. The highest BCUT2D eigenvalue weighted by molar-refractivity contribution is 6.48. The summed E-state index contributed by atoms with van der Waals surface area (Å²) in [5.41, 5.74) is 0.0754. The Labute approximate surface area is 119 Å². The highest BCUT2D eigenvalue weighted by atomic mass is 35.5. The smallest absolute Gasteiger partial charge is 0.274 e. The molecule has 1 aliphatic rings. The van der Waals surface area contributed by atoms with Gasteiger partial charge in [-0.25, -0.2) is 4.98 Å². The second kappa shape index (κ2) is 5.61. The summed E-state index contributed by atoms with van der Waals surface area (Å²) in [5, 5.41) is 9.36. The van der Waals surface area contributed by atoms with Crippen LogP contribution in [0.15, 0.2) is 6.20 Å². The van der Waals surface area contributed by atoms with Gasteiger partial charge in [0.25, 0.3) is 5.91 Å². The maximum atomic E-state index is 12.3. The molecule has 1 heterocycles. The number of carbonyl (C=O) groups is 1. The van der Waals surface area contributed by atoms with Crippen LogP contribution in [0.25, 0.3) is 0 Å². The highest BCUT2D eigenvalue weighted by Gasteiger charge is 2.34. The summed E-state index contributed by atoms with van der Waals surface area (Å²) in [6.45, 7) is 0.170. The number of aliphatic hydroxyl groups is 1. The minimum atomic E-state index is -0.324. The second-order valence-corrected chi connectivity index (χ2v) is 5.20. The van der Waals surface area contributed by atoms with Crippen molar-refractivity contribution < 1.29 is 9.90 Å². The molecule has 2 rings (SSSR count). The average molecular weight is 310 g/mol. The predicted octanol–water partition coefficient (Wildman–Crippen LogP) is 2.64. The fraction of sp³-hybridized carbons (Fsp3) is 0.455. The van der Waals surface area contributed by atoms with E-state index in [2.05, 4.69) is 4.98 Å². The Hall–Kier alpha value is -0.550. The molecule has 1 aliphatic carbocycles. The van der Waals surface area contributed by atoms with Crippen LogP contribution >= 0.6 is 34.8 Å². The first kappa shape index (κ1) is 13.9. The van der Waals surface area contributed by atoms with Crippen LogP contribution in [-0.4, -0.2) is 40.1 Å². The van der Waals surface area contributed by atoms with Gasteiger partial charge in [0.1, 0.15) is 5.69 Å². The van der Waals surface area contributed by atoms with Crippen molar-refractivity contribution in [2.24, 2.45) is 0 Å². The summed E-state index contributed by atoms with van der Waals surface area (Å²) in [7, 11) is 0. The van der Waals surface area contributed by atoms with Gasteiger partial charge >= 0.3 is 0 Å². The van der Waals surface area contributed by atoms with Gasteiger partial charge in [0.05, 0.1) is 21.7 Å². The van der Waals surface area contributed by atoms with Gasteiger partial charge < -0.3 is 10.0 Å². The minimum absolute atomic E-state index is 0.0535. The molecule has 0 unspecified atom stereocenters. The Morgan fingerprint density at radius 3 is 2.61 bits per heavy atom. The minimum Gasteiger partial charge on any atom is -0.395 e. The Kier molecular flexibility index (Phi) is 4.33. The number of nitrogens with zero attached hydrogens (tertiary/aromatic N) is 2. The van der Waals surface area contributed by atoms with Gasteiger partial charge in [-0.2, -0.15) is 0 Å². The highest BCUT2D eigenvalue weighted by Crippen LogP contribution is 2.33. The van der Waals surface area contributed by atoms with Crippen LogP contribution in [-0.2, 0) is 0 Å². The van der Waals surface area contributed by atoms with Crippen molar-refractivity contribution in [3.8, 4) is 0 Å². The van der Waals surface area contributed by atoms with Gasteiger partial charge in [0, 0.05) is 18.8 Å². The van der Waals surface area contributed by atoms with Gasteiger partial charge in [-0.15, -0.1) is 0 Å². The molecule has 1 aromatic rings. The van der Waals surface area contributed by atoms with E-state index in [-0.39, 0.29) is 45.9 Å². The van der Waals surface area contributed by atoms with Crippen molar-refractivity contribution in [1.82, 2.24) is 9.88 Å². The summed E-state index contributed by atoms with van der Waals surface area (Å²) in [5.74, 6) is -0.324. The van der Waals surface area contributed by atoms with Crippen molar-refractivity contribution in [2.75, 3.05) is 13.2 Å². The molecule has 1 aromatic heterocycles. The number of aliphatic hydroxyl groups excluding tert-OH is 1. The predicted molar refractivity (Wildman–Crippen MR) is 70.4 cm³/mol. The first-order valence-electron chi connectivity index (χ1n) is 5.47. The number of carbonyl (C=O) groups excluding carboxylic acids is 1. The molecular weight excluding hydrogens is 298 g/mol. The molecule has 0 atom stereocenters. The zero-order valence-corrected chi connectivity index (χ0v) is 11.6. The van der Waals surface area contributed by atoms with Gasteiger partial charge in [-0.1, -0.05) is 34.8 Å². The number of rotatable bonds is 4. The Morgan fingerprint density at radius 2 is 2.06 bits per heavy atom. The third kappa shape index (κ3) is 2.72. The van der Waals surface area contributed by atoms with Crippen LogP contribution in [0, 0.1) is 0 Å². The molecular formula is C11H11Cl3N2O2. The molecule has 18 heavy (non-hydrogen) atoms. The van der Waals surface area contributed by atoms with Crippen LogP contribution in [0.2, 0.25) is 15.1 Å². The summed E-state index contributed by atoms with van der Waals surface area (Å²) >= 11 is 17.6. The van der Waals surface area contributed by atoms with E-state index in [1.54, 1.807) is 4.90 Å². The molecule has 7 heteroatoms. The van der Waals surface area contributed by atoms with Crippen LogP contribution < -0.4 is 0 Å². The van der Waals surface area contributed by atoms with Crippen LogP contribution in [0.3, 0.4) is 0 Å². The van der Waals surface area contributed by atoms with E-state index in [0.29, 0.717) is 0 Å². The molecule has 0 spiro atoms. The van der Waals surface area contributed by atoms with Gasteiger partial charge in [-0.3, -0.25) is 4.79 Å². The Bertz CT molecular complexity index is 478. The number of hydrogen-bond acceptors (Lipinski definition) is 3. The Balaban J connectivity index is 2.29. The van der Waals surface area contributed by atoms with Crippen molar-refractivity contribution in [2.45, 2.75) is 18.9 Å². The van der Waals surface area contributed by atoms with Gasteiger partial charge in [0.15, 0.2) is 0 Å². The van der Waals surface area contributed by atoms with E-state index >= 15 is 0 Å². The van der Waals surface area contributed by atoms with E-state index in [0.717, 1.165) is 12.8 Å². The zero-order chi connectivity index (χ0) is 13.3. The van der Waals surface area contributed by atoms with Gasteiger partial charge in [0.2, 0.25) is 0 Å². The molecule has 4 nitrogen and oxygen atoms in total. The van der Waals surface area contributed by atoms with E-state index in [9.17, 15) is 4.79 Å². The molecule has 1 fully saturated rings. The molecule has 0 aliphatic heterocycles. The maximum Gasteiger partial charge on any atom is 0.274 e. The quantitative estimate of drug-likeness (QED) is 0.930. The largest absolute Gasteiger partial charge is 0.395 e.